The summed E-state index contributed by atoms with van der Waals surface area (Å²) in [5.74, 6) is 0.361. The highest BCUT2D eigenvalue weighted by Crippen LogP contribution is 2.16. The number of Topliss-reactive ketones (excluding diaryl/α,β-unsaturated/α-hetero) is 1. The van der Waals surface area contributed by atoms with Crippen molar-refractivity contribution in [3.05, 3.63) is 0 Å². The van der Waals surface area contributed by atoms with Gasteiger partial charge in [0.1, 0.15) is 5.78 Å². The van der Waals surface area contributed by atoms with Gasteiger partial charge < -0.3 is 4.90 Å². The van der Waals surface area contributed by atoms with Gasteiger partial charge >= 0.3 is 0 Å². The zero-order chi connectivity index (χ0) is 10.5. The third kappa shape index (κ3) is 5.04. The predicted octanol–water partition coefficient (Wildman–Crippen LogP) is 2.33. The van der Waals surface area contributed by atoms with Crippen LogP contribution in [0.25, 0.3) is 0 Å². The van der Waals surface area contributed by atoms with Crippen molar-refractivity contribution in [1.82, 2.24) is 4.90 Å². The minimum absolute atomic E-state index is 0.173. The fourth-order valence-electron chi connectivity index (χ4n) is 1.17. The fourth-order valence-corrected chi connectivity index (χ4v) is 1.17. The molecule has 0 aromatic rings. The van der Waals surface area contributed by atoms with Gasteiger partial charge in [-0.25, -0.2) is 0 Å². The molecule has 0 atom stereocenters. The largest absolute Gasteiger partial charge is 0.303 e. The molecule has 2 heteroatoms. The van der Waals surface area contributed by atoms with Crippen LogP contribution in [0.2, 0.25) is 0 Å². The summed E-state index contributed by atoms with van der Waals surface area (Å²) in [6.07, 6.45) is 0.686. The highest BCUT2D eigenvalue weighted by molar-refractivity contribution is 5.83. The Morgan fingerprint density at radius 3 is 1.92 bits per heavy atom. The van der Waals surface area contributed by atoms with Crippen molar-refractivity contribution < 1.29 is 4.79 Å². The van der Waals surface area contributed by atoms with Crippen molar-refractivity contribution in [1.29, 1.82) is 0 Å². The van der Waals surface area contributed by atoms with Gasteiger partial charge in [-0.3, -0.25) is 4.79 Å². The first-order valence-electron chi connectivity index (χ1n) is 5.17. The van der Waals surface area contributed by atoms with E-state index in [-0.39, 0.29) is 5.41 Å². The molecule has 0 N–H and O–H groups in total. The maximum Gasteiger partial charge on any atom is 0.139 e. The van der Waals surface area contributed by atoms with Crippen LogP contribution in [0.1, 0.15) is 41.0 Å². The summed E-state index contributed by atoms with van der Waals surface area (Å²) in [5.41, 5.74) is -0.173. The number of carbonyl (C=O) groups is 1. The zero-order valence-electron chi connectivity index (χ0n) is 9.68. The lowest BCUT2D eigenvalue weighted by Gasteiger charge is -2.21. The van der Waals surface area contributed by atoms with Crippen molar-refractivity contribution in [3.8, 4) is 0 Å². The topological polar surface area (TPSA) is 20.3 Å². The molecular formula is C11H23NO. The van der Waals surface area contributed by atoms with Gasteiger partial charge in [0.2, 0.25) is 0 Å². The minimum atomic E-state index is -0.173. The number of nitrogens with zero attached hydrogens (tertiary/aromatic N) is 1. The van der Waals surface area contributed by atoms with Crippen LogP contribution in [0, 0.1) is 5.41 Å². The molecule has 0 fully saturated rings. The normalized spacial score (nSPS) is 12.2. The third-order valence-corrected chi connectivity index (χ3v) is 2.39. The Kier molecular flexibility index (Phi) is 5.23. The Hall–Kier alpha value is -0.370. The van der Waals surface area contributed by atoms with E-state index < -0.39 is 0 Å². The van der Waals surface area contributed by atoms with E-state index in [4.69, 9.17) is 0 Å². The first kappa shape index (κ1) is 12.6. The molecule has 2 nitrogen and oxygen atoms in total. The van der Waals surface area contributed by atoms with Crippen LogP contribution in [0.5, 0.6) is 0 Å². The SMILES string of the molecule is CCN(CC)CCC(=O)C(C)(C)C. The molecule has 0 aromatic heterocycles. The van der Waals surface area contributed by atoms with Crippen molar-refractivity contribution in [2.75, 3.05) is 19.6 Å². The van der Waals surface area contributed by atoms with E-state index in [2.05, 4.69) is 18.7 Å². The molecule has 0 saturated heterocycles. The molecule has 0 aliphatic carbocycles. The first-order chi connectivity index (χ1) is 5.91. The summed E-state index contributed by atoms with van der Waals surface area (Å²) < 4.78 is 0. The van der Waals surface area contributed by atoms with Gasteiger partial charge in [-0.2, -0.15) is 0 Å². The molecule has 0 spiro atoms. The lowest BCUT2D eigenvalue weighted by Crippen LogP contribution is -2.29. The van der Waals surface area contributed by atoms with Crippen LogP contribution in [-0.2, 0) is 4.79 Å². The molecule has 13 heavy (non-hydrogen) atoms. The average molecular weight is 185 g/mol. The third-order valence-electron chi connectivity index (χ3n) is 2.39. The molecule has 0 aromatic carbocycles. The number of rotatable bonds is 5. The van der Waals surface area contributed by atoms with E-state index in [1.54, 1.807) is 0 Å². The molecule has 0 unspecified atom stereocenters. The average Bonchev–Trinajstić information content (AvgIpc) is 2.04. The van der Waals surface area contributed by atoms with Crippen molar-refractivity contribution >= 4 is 5.78 Å². The van der Waals surface area contributed by atoms with Crippen LogP contribution < -0.4 is 0 Å². The van der Waals surface area contributed by atoms with E-state index in [1.165, 1.54) is 0 Å². The van der Waals surface area contributed by atoms with Crippen molar-refractivity contribution in [2.24, 2.45) is 5.41 Å². The molecule has 0 heterocycles. The van der Waals surface area contributed by atoms with Crippen LogP contribution in [-0.4, -0.2) is 30.3 Å². The van der Waals surface area contributed by atoms with E-state index in [9.17, 15) is 4.79 Å². The Morgan fingerprint density at radius 2 is 1.62 bits per heavy atom. The van der Waals surface area contributed by atoms with E-state index in [0.717, 1.165) is 19.6 Å². The highest BCUT2D eigenvalue weighted by Gasteiger charge is 2.20. The minimum Gasteiger partial charge on any atom is -0.303 e. The smallest absolute Gasteiger partial charge is 0.139 e. The molecule has 78 valence electrons. The van der Waals surface area contributed by atoms with Gasteiger partial charge in [0.15, 0.2) is 0 Å². The fraction of sp³-hybridized carbons (Fsp3) is 0.909. The van der Waals surface area contributed by atoms with Gasteiger partial charge in [0.05, 0.1) is 0 Å². The van der Waals surface area contributed by atoms with E-state index in [1.807, 2.05) is 20.8 Å². The van der Waals surface area contributed by atoms with Crippen LogP contribution in [0.4, 0.5) is 0 Å². The van der Waals surface area contributed by atoms with E-state index in [0.29, 0.717) is 12.2 Å². The Morgan fingerprint density at radius 1 is 1.15 bits per heavy atom. The summed E-state index contributed by atoms with van der Waals surface area (Å²) in [6, 6.07) is 0. The summed E-state index contributed by atoms with van der Waals surface area (Å²) in [7, 11) is 0. The van der Waals surface area contributed by atoms with Gasteiger partial charge in [0.25, 0.3) is 0 Å². The Balaban J connectivity index is 3.82. The maximum atomic E-state index is 11.6. The molecule has 0 bridgehead atoms. The van der Waals surface area contributed by atoms with Gasteiger partial charge in [-0.05, 0) is 13.1 Å². The van der Waals surface area contributed by atoms with Crippen molar-refractivity contribution in [3.63, 3.8) is 0 Å². The van der Waals surface area contributed by atoms with Crippen LogP contribution in [0.3, 0.4) is 0 Å². The number of hydrogen-bond donors (Lipinski definition) is 0. The first-order valence-corrected chi connectivity index (χ1v) is 5.17. The monoisotopic (exact) mass is 185 g/mol. The molecule has 0 aliphatic rings. The predicted molar refractivity (Wildman–Crippen MR) is 56.9 cm³/mol. The highest BCUT2D eigenvalue weighted by atomic mass is 16.1. The van der Waals surface area contributed by atoms with Crippen LogP contribution >= 0.6 is 0 Å². The molecule has 0 radical (unpaired) electrons. The second kappa shape index (κ2) is 5.38. The molecule has 0 amide bonds. The molecule has 0 aliphatic heterocycles. The van der Waals surface area contributed by atoms with Crippen LogP contribution in [0.15, 0.2) is 0 Å². The lowest BCUT2D eigenvalue weighted by atomic mass is 9.89. The second-order valence-electron chi connectivity index (χ2n) is 4.45. The standard InChI is InChI=1S/C11H23NO/c1-6-12(7-2)9-8-10(13)11(3,4)5/h6-9H2,1-5H3. The lowest BCUT2D eigenvalue weighted by molar-refractivity contribution is -0.126. The molecular weight excluding hydrogens is 162 g/mol. The van der Waals surface area contributed by atoms with Gasteiger partial charge in [0, 0.05) is 18.4 Å². The summed E-state index contributed by atoms with van der Waals surface area (Å²) in [4.78, 5) is 13.9. The number of ketones is 1. The van der Waals surface area contributed by atoms with Crippen molar-refractivity contribution in [2.45, 2.75) is 41.0 Å². The zero-order valence-corrected chi connectivity index (χ0v) is 9.68. The second-order valence-corrected chi connectivity index (χ2v) is 4.45. The van der Waals surface area contributed by atoms with Gasteiger partial charge in [-0.15, -0.1) is 0 Å². The molecule has 0 saturated carbocycles. The summed E-state index contributed by atoms with van der Waals surface area (Å²) >= 11 is 0. The molecule has 0 rings (SSSR count). The number of carbonyl (C=O) groups excluding carboxylic acids is 1. The quantitative estimate of drug-likeness (QED) is 0.655. The summed E-state index contributed by atoms with van der Waals surface area (Å²) in [6.45, 7) is 13.2. The maximum absolute atomic E-state index is 11.6. The Labute approximate surface area is 82.3 Å². The number of hydrogen-bond acceptors (Lipinski definition) is 2. The Bertz CT molecular complexity index is 154. The van der Waals surface area contributed by atoms with E-state index >= 15 is 0 Å². The van der Waals surface area contributed by atoms with Gasteiger partial charge in [-0.1, -0.05) is 34.6 Å². The summed E-state index contributed by atoms with van der Waals surface area (Å²) in [5, 5.41) is 0.